The number of rotatable bonds is 10. The quantitative estimate of drug-likeness (QED) is 0.133. The molecule has 0 fully saturated rings. The van der Waals surface area contributed by atoms with E-state index in [1.165, 1.54) is 88.7 Å². The van der Waals surface area contributed by atoms with Crippen LogP contribution in [0, 0.1) is 0 Å². The van der Waals surface area contributed by atoms with Gasteiger partial charge in [-0.25, -0.2) is 0 Å². The molecule has 11 aromatic rings. The van der Waals surface area contributed by atoms with E-state index in [4.69, 9.17) is 0 Å². The fourth-order valence-electron chi connectivity index (χ4n) is 8.98. The van der Waals surface area contributed by atoms with E-state index in [-0.39, 0.29) is 0 Å². The minimum absolute atomic E-state index is 1.08. The minimum atomic E-state index is 1.08. The van der Waals surface area contributed by atoms with E-state index in [0.717, 1.165) is 17.1 Å². The van der Waals surface area contributed by atoms with Crippen LogP contribution in [0.3, 0.4) is 0 Å². The van der Waals surface area contributed by atoms with Crippen LogP contribution in [0.4, 0.5) is 17.1 Å². The largest absolute Gasteiger partial charge is 0.310 e. The van der Waals surface area contributed by atoms with Gasteiger partial charge in [-0.05, 0) is 143 Å². The number of hydrogen-bond acceptors (Lipinski definition) is 1. The molecule has 65 heavy (non-hydrogen) atoms. The zero-order chi connectivity index (χ0) is 43.4. The molecule has 0 aliphatic carbocycles. The van der Waals surface area contributed by atoms with Gasteiger partial charge in [0.15, 0.2) is 0 Å². The molecule has 1 nitrogen and oxygen atoms in total. The van der Waals surface area contributed by atoms with Crippen molar-refractivity contribution in [3.8, 4) is 77.9 Å². The zero-order valence-corrected chi connectivity index (χ0v) is 35.9. The Morgan fingerprint density at radius 1 is 0.154 bits per heavy atom. The van der Waals surface area contributed by atoms with Crippen molar-refractivity contribution in [2.24, 2.45) is 0 Å². The topological polar surface area (TPSA) is 3.24 Å². The highest BCUT2D eigenvalue weighted by Crippen LogP contribution is 2.41. The van der Waals surface area contributed by atoms with Gasteiger partial charge in [0.25, 0.3) is 0 Å². The molecule has 11 rings (SSSR count). The summed E-state index contributed by atoms with van der Waals surface area (Å²) in [6.07, 6.45) is 0. The molecule has 0 unspecified atom stereocenters. The Bertz CT molecular complexity index is 3300. The highest BCUT2D eigenvalue weighted by molar-refractivity contribution is 5.89. The molecule has 0 N–H and O–H groups in total. The maximum Gasteiger partial charge on any atom is 0.0473 e. The fraction of sp³-hybridized carbons (Fsp3) is 0. The van der Waals surface area contributed by atoms with Gasteiger partial charge in [-0.3, -0.25) is 0 Å². The van der Waals surface area contributed by atoms with Gasteiger partial charge >= 0.3 is 0 Å². The van der Waals surface area contributed by atoms with Crippen molar-refractivity contribution in [2.45, 2.75) is 0 Å². The lowest BCUT2D eigenvalue weighted by Crippen LogP contribution is -2.10. The first kappa shape index (κ1) is 39.3. The highest BCUT2D eigenvalue weighted by Gasteiger charge is 2.17. The zero-order valence-electron chi connectivity index (χ0n) is 35.9. The second-order valence-electron chi connectivity index (χ2n) is 16.6. The van der Waals surface area contributed by atoms with E-state index in [9.17, 15) is 0 Å². The summed E-state index contributed by atoms with van der Waals surface area (Å²) in [7, 11) is 0. The molecule has 0 aliphatic heterocycles. The fourth-order valence-corrected chi connectivity index (χ4v) is 8.98. The van der Waals surface area contributed by atoms with Crippen LogP contribution >= 0.6 is 0 Å². The number of anilines is 3. The average Bonchev–Trinajstić information content (AvgIpc) is 3.40. The summed E-state index contributed by atoms with van der Waals surface area (Å²) < 4.78 is 0. The molecular formula is C64H45N. The molecule has 0 saturated carbocycles. The van der Waals surface area contributed by atoms with Crippen LogP contribution in [0.15, 0.2) is 273 Å². The Balaban J connectivity index is 0.933. The van der Waals surface area contributed by atoms with Gasteiger partial charge in [-0.15, -0.1) is 0 Å². The molecule has 306 valence electrons. The van der Waals surface area contributed by atoms with E-state index < -0.39 is 0 Å². The molecular weight excluding hydrogens is 783 g/mol. The van der Waals surface area contributed by atoms with Crippen molar-refractivity contribution in [1.29, 1.82) is 0 Å². The SMILES string of the molecule is c1ccc(-c2ccc(-c3ccc(N(c4ccc(-c5ccc(-c6cccc(-c7ccc8ccccc8c7)c6)cc5)cc4)c4cc(-c5ccccc5)cc(-c5ccccc5)c4)cc3)cc2)cc1. The maximum atomic E-state index is 2.39. The van der Waals surface area contributed by atoms with Crippen LogP contribution in [0.25, 0.3) is 88.7 Å². The van der Waals surface area contributed by atoms with Crippen LogP contribution < -0.4 is 4.90 Å². The second-order valence-corrected chi connectivity index (χ2v) is 16.6. The lowest BCUT2D eigenvalue weighted by atomic mass is 9.96. The normalized spacial score (nSPS) is 11.1. The van der Waals surface area contributed by atoms with Gasteiger partial charge in [-0.2, -0.15) is 0 Å². The summed E-state index contributed by atoms with van der Waals surface area (Å²) in [5, 5.41) is 2.51. The molecule has 0 radical (unpaired) electrons. The minimum Gasteiger partial charge on any atom is -0.310 e. The number of hydrogen-bond donors (Lipinski definition) is 0. The highest BCUT2D eigenvalue weighted by atomic mass is 15.1. The predicted octanol–water partition coefficient (Wildman–Crippen LogP) is 18.0. The van der Waals surface area contributed by atoms with Gasteiger partial charge in [0.1, 0.15) is 0 Å². The first-order chi connectivity index (χ1) is 32.2. The van der Waals surface area contributed by atoms with Gasteiger partial charge in [-0.1, -0.05) is 218 Å². The third kappa shape index (κ3) is 8.40. The first-order valence-corrected chi connectivity index (χ1v) is 22.3. The van der Waals surface area contributed by atoms with Gasteiger partial charge in [0.05, 0.1) is 0 Å². The van der Waals surface area contributed by atoms with Crippen molar-refractivity contribution in [2.75, 3.05) is 4.90 Å². The van der Waals surface area contributed by atoms with Crippen LogP contribution in [0.1, 0.15) is 0 Å². The summed E-state index contributed by atoms with van der Waals surface area (Å²) in [4.78, 5) is 2.39. The molecule has 0 bridgehead atoms. The van der Waals surface area contributed by atoms with E-state index in [2.05, 4.69) is 278 Å². The molecule has 0 amide bonds. The van der Waals surface area contributed by atoms with Gasteiger partial charge in [0.2, 0.25) is 0 Å². The Morgan fingerprint density at radius 3 is 0.908 bits per heavy atom. The van der Waals surface area contributed by atoms with E-state index >= 15 is 0 Å². The number of fused-ring (bicyclic) bond motifs is 1. The molecule has 0 aliphatic rings. The van der Waals surface area contributed by atoms with Crippen LogP contribution in [0.5, 0.6) is 0 Å². The summed E-state index contributed by atoms with van der Waals surface area (Å²) in [6.45, 7) is 0. The van der Waals surface area contributed by atoms with Crippen LogP contribution in [-0.2, 0) is 0 Å². The third-order valence-electron chi connectivity index (χ3n) is 12.5. The van der Waals surface area contributed by atoms with E-state index in [1.807, 2.05) is 0 Å². The van der Waals surface area contributed by atoms with E-state index in [0.29, 0.717) is 0 Å². The van der Waals surface area contributed by atoms with Crippen molar-refractivity contribution < 1.29 is 0 Å². The molecule has 0 spiro atoms. The Morgan fingerprint density at radius 2 is 0.446 bits per heavy atom. The number of benzene rings is 11. The lowest BCUT2D eigenvalue weighted by molar-refractivity contribution is 1.28. The average molecular weight is 828 g/mol. The standard InChI is InChI=1S/C64H45N/c1-4-13-46(14-5-1)50-23-25-51(26-24-50)53-33-37-62(38-34-53)65(64-44-60(47-15-6-2-7-16-47)43-61(45-64)48-17-8-3-9-18-48)63-39-35-54(36-40-63)52-27-29-55(30-28-52)57-21-12-22-58(41-57)59-32-31-49-19-10-11-20-56(49)42-59/h1-45H. The van der Waals surface area contributed by atoms with Crippen molar-refractivity contribution in [3.05, 3.63) is 273 Å². The molecule has 11 aromatic carbocycles. The smallest absolute Gasteiger partial charge is 0.0473 e. The molecule has 0 aromatic heterocycles. The maximum absolute atomic E-state index is 2.39. The van der Waals surface area contributed by atoms with E-state index in [1.54, 1.807) is 0 Å². The number of nitrogens with zero attached hydrogens (tertiary/aromatic N) is 1. The summed E-state index contributed by atoms with van der Waals surface area (Å²) in [5.41, 5.74) is 19.9. The van der Waals surface area contributed by atoms with Crippen molar-refractivity contribution >= 4 is 27.8 Å². The van der Waals surface area contributed by atoms with Crippen LogP contribution in [0.2, 0.25) is 0 Å². The molecule has 0 heterocycles. The Hall–Kier alpha value is -8.52. The van der Waals surface area contributed by atoms with Gasteiger partial charge < -0.3 is 4.90 Å². The predicted molar refractivity (Wildman–Crippen MR) is 277 cm³/mol. The van der Waals surface area contributed by atoms with Crippen molar-refractivity contribution in [3.63, 3.8) is 0 Å². The lowest BCUT2D eigenvalue weighted by Gasteiger charge is -2.27. The summed E-state index contributed by atoms with van der Waals surface area (Å²) in [5.74, 6) is 0. The van der Waals surface area contributed by atoms with Gasteiger partial charge in [0, 0.05) is 17.1 Å². The van der Waals surface area contributed by atoms with Crippen molar-refractivity contribution in [1.82, 2.24) is 0 Å². The summed E-state index contributed by atoms with van der Waals surface area (Å²) >= 11 is 0. The monoisotopic (exact) mass is 827 g/mol. The third-order valence-corrected chi connectivity index (χ3v) is 12.5. The second kappa shape index (κ2) is 17.7. The Labute approximate surface area is 381 Å². The first-order valence-electron chi connectivity index (χ1n) is 22.3. The molecule has 1 heteroatoms. The summed E-state index contributed by atoms with van der Waals surface area (Å²) in [6, 6.07) is 98.8. The Kier molecular flexibility index (Phi) is 10.7. The van der Waals surface area contributed by atoms with Crippen LogP contribution in [-0.4, -0.2) is 0 Å². The molecule has 0 atom stereocenters. The molecule has 0 saturated heterocycles.